The van der Waals surface area contributed by atoms with Gasteiger partial charge < -0.3 is 10.3 Å². The van der Waals surface area contributed by atoms with Crippen molar-refractivity contribution in [2.24, 2.45) is 11.1 Å². The predicted octanol–water partition coefficient (Wildman–Crippen LogP) is 2.70. The molecule has 1 aromatic heterocycles. The third kappa shape index (κ3) is 2.84. The van der Waals surface area contributed by atoms with Crippen molar-refractivity contribution >= 4 is 28.0 Å². The number of pyridine rings is 1. The van der Waals surface area contributed by atoms with Crippen molar-refractivity contribution in [1.29, 1.82) is 0 Å². The Kier molecular flexibility index (Phi) is 3.71. The van der Waals surface area contributed by atoms with E-state index in [1.54, 1.807) is 4.57 Å². The van der Waals surface area contributed by atoms with E-state index in [9.17, 15) is 4.79 Å². The number of aryl methyl sites for hydroxylation is 1. The molecule has 0 aliphatic carbocycles. The molecule has 4 heteroatoms. The number of fused-ring (bicyclic) bond motifs is 1. The second-order valence-corrected chi connectivity index (χ2v) is 5.84. The van der Waals surface area contributed by atoms with Crippen LogP contribution in [0.25, 0.3) is 10.8 Å². The highest BCUT2D eigenvalue weighted by Crippen LogP contribution is 2.21. The van der Waals surface area contributed by atoms with E-state index < -0.39 is 0 Å². The first-order valence-corrected chi connectivity index (χ1v) is 6.71. The summed E-state index contributed by atoms with van der Waals surface area (Å²) < 4.78 is 1.72. The smallest absolute Gasteiger partial charge is 0.258 e. The predicted molar refractivity (Wildman–Crippen MR) is 83.4 cm³/mol. The molecule has 100 valence electrons. The topological polar surface area (TPSA) is 48.0 Å². The molecule has 0 aliphatic heterocycles. The van der Waals surface area contributed by atoms with Gasteiger partial charge in [0.2, 0.25) is 0 Å². The number of benzene rings is 1. The van der Waals surface area contributed by atoms with Crippen LogP contribution in [0, 0.1) is 5.41 Å². The van der Waals surface area contributed by atoms with Crippen molar-refractivity contribution < 1.29 is 0 Å². The number of hydrogen-bond acceptors (Lipinski definition) is 2. The van der Waals surface area contributed by atoms with Crippen LogP contribution in [-0.2, 0) is 6.54 Å². The normalized spacial score (nSPS) is 11.7. The summed E-state index contributed by atoms with van der Waals surface area (Å²) in [6.45, 7) is 4.62. The number of rotatable bonds is 4. The lowest BCUT2D eigenvalue weighted by atomic mass is 9.89. The van der Waals surface area contributed by atoms with E-state index in [4.69, 9.17) is 18.0 Å². The van der Waals surface area contributed by atoms with Crippen LogP contribution in [0.2, 0.25) is 0 Å². The van der Waals surface area contributed by atoms with Crippen LogP contribution < -0.4 is 11.3 Å². The molecule has 2 N–H and O–H groups in total. The van der Waals surface area contributed by atoms with Gasteiger partial charge in [0.15, 0.2) is 0 Å². The highest BCUT2D eigenvalue weighted by Gasteiger charge is 2.21. The average Bonchev–Trinajstić information content (AvgIpc) is 2.38. The maximum absolute atomic E-state index is 12.3. The summed E-state index contributed by atoms with van der Waals surface area (Å²) in [6.07, 6.45) is 2.58. The Morgan fingerprint density at radius 1 is 1.32 bits per heavy atom. The van der Waals surface area contributed by atoms with Crippen molar-refractivity contribution in [1.82, 2.24) is 4.57 Å². The highest BCUT2D eigenvalue weighted by molar-refractivity contribution is 7.80. The SMILES string of the molecule is CC(C)(CCn1ccc2ccccc2c1=O)C(N)=S. The molecule has 3 nitrogen and oxygen atoms in total. The Hall–Kier alpha value is -1.68. The Morgan fingerprint density at radius 3 is 2.68 bits per heavy atom. The van der Waals surface area contributed by atoms with Crippen LogP contribution >= 0.6 is 12.2 Å². The molecule has 2 aromatic rings. The first-order valence-electron chi connectivity index (χ1n) is 6.30. The minimum atomic E-state index is -0.236. The lowest BCUT2D eigenvalue weighted by Crippen LogP contribution is -2.32. The molecule has 0 fully saturated rings. The average molecular weight is 274 g/mol. The number of aromatic nitrogens is 1. The molecule has 0 amide bonds. The summed E-state index contributed by atoms with van der Waals surface area (Å²) in [5.41, 5.74) is 5.51. The number of hydrogen-bond donors (Lipinski definition) is 1. The first-order chi connectivity index (χ1) is 8.92. The van der Waals surface area contributed by atoms with E-state index in [2.05, 4.69) is 0 Å². The number of nitrogens with zero attached hydrogens (tertiary/aromatic N) is 1. The maximum Gasteiger partial charge on any atom is 0.258 e. The van der Waals surface area contributed by atoms with E-state index in [0.717, 1.165) is 17.2 Å². The van der Waals surface area contributed by atoms with Crippen LogP contribution in [-0.4, -0.2) is 9.56 Å². The molecular formula is C15H18N2OS. The van der Waals surface area contributed by atoms with Crippen LogP contribution in [0.3, 0.4) is 0 Å². The largest absolute Gasteiger partial charge is 0.393 e. The molecule has 0 unspecified atom stereocenters. The van der Waals surface area contributed by atoms with Gasteiger partial charge in [0.25, 0.3) is 5.56 Å². The zero-order chi connectivity index (χ0) is 14.0. The monoisotopic (exact) mass is 274 g/mol. The molecule has 0 bridgehead atoms. The quantitative estimate of drug-likeness (QED) is 0.872. The molecule has 19 heavy (non-hydrogen) atoms. The van der Waals surface area contributed by atoms with Gasteiger partial charge in [-0.1, -0.05) is 44.3 Å². The van der Waals surface area contributed by atoms with Crippen LogP contribution in [0.5, 0.6) is 0 Å². The zero-order valence-corrected chi connectivity index (χ0v) is 12.0. The summed E-state index contributed by atoms with van der Waals surface area (Å²) in [5.74, 6) is 0. The van der Waals surface area contributed by atoms with Crippen molar-refractivity contribution in [3.63, 3.8) is 0 Å². The third-order valence-corrected chi connectivity index (χ3v) is 4.08. The van der Waals surface area contributed by atoms with Gasteiger partial charge in [-0.2, -0.15) is 0 Å². The van der Waals surface area contributed by atoms with Gasteiger partial charge in [-0.25, -0.2) is 0 Å². The fourth-order valence-corrected chi connectivity index (χ4v) is 2.03. The maximum atomic E-state index is 12.3. The minimum Gasteiger partial charge on any atom is -0.393 e. The molecule has 0 saturated heterocycles. The Labute approximate surface area is 118 Å². The van der Waals surface area contributed by atoms with Crippen molar-refractivity contribution in [3.05, 3.63) is 46.9 Å². The minimum absolute atomic E-state index is 0.0387. The van der Waals surface area contributed by atoms with Crippen molar-refractivity contribution in [3.8, 4) is 0 Å². The molecule has 0 aliphatic rings. The summed E-state index contributed by atoms with van der Waals surface area (Å²) in [6, 6.07) is 9.58. The standard InChI is InChI=1S/C15H18N2OS/c1-15(2,14(16)19)8-10-17-9-7-11-5-3-4-6-12(11)13(17)18/h3-7,9H,8,10H2,1-2H3,(H2,16,19). The summed E-state index contributed by atoms with van der Waals surface area (Å²) in [4.78, 5) is 12.8. The zero-order valence-electron chi connectivity index (χ0n) is 11.2. The van der Waals surface area contributed by atoms with Gasteiger partial charge in [0.1, 0.15) is 0 Å². The molecule has 0 radical (unpaired) electrons. The molecule has 2 rings (SSSR count). The number of thiocarbonyl (C=S) groups is 1. The highest BCUT2D eigenvalue weighted by atomic mass is 32.1. The molecule has 1 heterocycles. The van der Waals surface area contributed by atoms with Gasteiger partial charge in [0, 0.05) is 23.5 Å². The summed E-state index contributed by atoms with van der Waals surface area (Å²) in [7, 11) is 0. The lowest BCUT2D eigenvalue weighted by Gasteiger charge is -2.23. The van der Waals surface area contributed by atoms with E-state index in [1.807, 2.05) is 50.4 Å². The molecule has 0 atom stereocenters. The number of nitrogens with two attached hydrogens (primary N) is 1. The fourth-order valence-electron chi connectivity index (χ4n) is 1.93. The fraction of sp³-hybridized carbons (Fsp3) is 0.333. The summed E-state index contributed by atoms with van der Waals surface area (Å²) in [5, 5.41) is 1.72. The van der Waals surface area contributed by atoms with E-state index in [0.29, 0.717) is 11.5 Å². The Morgan fingerprint density at radius 2 is 2.00 bits per heavy atom. The van der Waals surface area contributed by atoms with Gasteiger partial charge in [0.05, 0.1) is 4.99 Å². The first kappa shape index (κ1) is 13.7. The Bertz CT molecular complexity index is 673. The van der Waals surface area contributed by atoms with Crippen LogP contribution in [0.15, 0.2) is 41.3 Å². The second-order valence-electron chi connectivity index (χ2n) is 5.40. The molecular weight excluding hydrogens is 256 g/mol. The second kappa shape index (κ2) is 5.13. The molecule has 0 spiro atoms. The van der Waals surface area contributed by atoms with Crippen molar-refractivity contribution in [2.45, 2.75) is 26.8 Å². The lowest BCUT2D eigenvalue weighted by molar-refractivity contribution is 0.431. The molecule has 0 saturated carbocycles. The third-order valence-electron chi connectivity index (χ3n) is 3.53. The van der Waals surface area contributed by atoms with Gasteiger partial charge in [-0.05, 0) is 23.9 Å². The van der Waals surface area contributed by atoms with E-state index in [-0.39, 0.29) is 11.0 Å². The van der Waals surface area contributed by atoms with E-state index in [1.165, 1.54) is 0 Å². The van der Waals surface area contributed by atoms with Gasteiger partial charge >= 0.3 is 0 Å². The summed E-state index contributed by atoms with van der Waals surface area (Å²) >= 11 is 5.05. The molecule has 1 aromatic carbocycles. The van der Waals surface area contributed by atoms with E-state index >= 15 is 0 Å². The van der Waals surface area contributed by atoms with Crippen LogP contribution in [0.4, 0.5) is 0 Å². The van der Waals surface area contributed by atoms with Gasteiger partial charge in [-0.3, -0.25) is 4.79 Å². The Balaban J connectivity index is 2.30. The van der Waals surface area contributed by atoms with Gasteiger partial charge in [-0.15, -0.1) is 0 Å². The van der Waals surface area contributed by atoms with Crippen LogP contribution in [0.1, 0.15) is 20.3 Å². The van der Waals surface area contributed by atoms with Crippen molar-refractivity contribution in [2.75, 3.05) is 0 Å².